The summed E-state index contributed by atoms with van der Waals surface area (Å²) < 4.78 is 32.0. The fourth-order valence-electron chi connectivity index (χ4n) is 3.05. The largest absolute Gasteiger partial charge is 0.368 e. The Labute approximate surface area is 147 Å². The predicted octanol–water partition coefficient (Wildman–Crippen LogP) is 1.49. The van der Waals surface area contributed by atoms with Crippen LogP contribution in [-0.4, -0.2) is 62.4 Å². The van der Waals surface area contributed by atoms with Gasteiger partial charge in [-0.1, -0.05) is 23.7 Å². The maximum atomic E-state index is 12.5. The number of carbonyl (C=O) groups is 1. The van der Waals surface area contributed by atoms with Gasteiger partial charge in [0.2, 0.25) is 10.0 Å². The van der Waals surface area contributed by atoms with Crippen molar-refractivity contribution in [3.63, 3.8) is 0 Å². The molecule has 1 amide bonds. The number of piperazine rings is 1. The number of amides is 1. The highest BCUT2D eigenvalue weighted by atomic mass is 35.5. The van der Waals surface area contributed by atoms with Crippen molar-refractivity contribution in [1.82, 2.24) is 9.21 Å². The third-order valence-electron chi connectivity index (χ3n) is 4.41. The zero-order valence-electron chi connectivity index (χ0n) is 13.4. The summed E-state index contributed by atoms with van der Waals surface area (Å²) in [6.45, 7) is 2.12. The van der Waals surface area contributed by atoms with Gasteiger partial charge < -0.3 is 9.64 Å². The molecule has 6 nitrogen and oxygen atoms in total. The van der Waals surface area contributed by atoms with E-state index in [4.69, 9.17) is 16.3 Å². The smallest absolute Gasteiger partial charge is 0.251 e. The lowest BCUT2D eigenvalue weighted by molar-refractivity contribution is -0.142. The summed E-state index contributed by atoms with van der Waals surface area (Å²) in [6.07, 6.45) is 1.32. The van der Waals surface area contributed by atoms with Crippen molar-refractivity contribution in [1.29, 1.82) is 0 Å². The van der Waals surface area contributed by atoms with E-state index in [2.05, 4.69) is 0 Å². The number of halogens is 1. The van der Waals surface area contributed by atoms with Gasteiger partial charge in [0.05, 0.1) is 5.75 Å². The number of hydrogen-bond donors (Lipinski definition) is 0. The topological polar surface area (TPSA) is 66.9 Å². The molecule has 2 aliphatic heterocycles. The van der Waals surface area contributed by atoms with Gasteiger partial charge in [-0.15, -0.1) is 0 Å². The van der Waals surface area contributed by atoms with E-state index in [-0.39, 0.29) is 17.8 Å². The second-order valence-corrected chi connectivity index (χ2v) is 8.51. The molecule has 1 aromatic rings. The Morgan fingerprint density at radius 1 is 1.17 bits per heavy atom. The first-order chi connectivity index (χ1) is 11.5. The lowest BCUT2D eigenvalue weighted by atomic mass is 10.2. The van der Waals surface area contributed by atoms with Gasteiger partial charge in [0, 0.05) is 37.8 Å². The Hall–Kier alpha value is -1.15. The van der Waals surface area contributed by atoms with Gasteiger partial charge in [-0.25, -0.2) is 8.42 Å². The molecular formula is C16H21ClN2O4S. The molecular weight excluding hydrogens is 352 g/mol. The lowest BCUT2D eigenvalue weighted by Crippen LogP contribution is -2.52. The van der Waals surface area contributed by atoms with Crippen molar-refractivity contribution in [3.05, 3.63) is 34.9 Å². The molecule has 2 heterocycles. The van der Waals surface area contributed by atoms with E-state index in [0.717, 1.165) is 12.8 Å². The summed E-state index contributed by atoms with van der Waals surface area (Å²) in [6, 6.07) is 6.81. The van der Waals surface area contributed by atoms with Crippen LogP contribution in [-0.2, 0) is 25.3 Å². The van der Waals surface area contributed by atoms with Gasteiger partial charge in [-0.3, -0.25) is 4.79 Å². The number of carbonyl (C=O) groups excluding carboxylic acids is 1. The fraction of sp³-hybridized carbons (Fsp3) is 0.562. The molecule has 2 saturated heterocycles. The van der Waals surface area contributed by atoms with E-state index >= 15 is 0 Å². The number of nitrogens with zero attached hydrogens (tertiary/aromatic N) is 2. The minimum absolute atomic E-state index is 0.0118. The van der Waals surface area contributed by atoms with E-state index in [1.165, 1.54) is 4.31 Å². The van der Waals surface area contributed by atoms with Crippen LogP contribution in [0.15, 0.2) is 24.3 Å². The molecule has 0 radical (unpaired) electrons. The third kappa shape index (κ3) is 4.08. The first-order valence-corrected chi connectivity index (χ1v) is 10.1. The Balaban J connectivity index is 1.56. The van der Waals surface area contributed by atoms with Gasteiger partial charge in [0.25, 0.3) is 5.91 Å². The van der Waals surface area contributed by atoms with Crippen molar-refractivity contribution >= 4 is 27.5 Å². The SMILES string of the molecule is O=C(C1CCCO1)N1CCN(S(=O)(=O)Cc2ccc(Cl)cc2)CC1. The molecule has 1 unspecified atom stereocenters. The van der Waals surface area contributed by atoms with Crippen LogP contribution in [0.1, 0.15) is 18.4 Å². The molecule has 0 aromatic heterocycles. The van der Waals surface area contributed by atoms with Crippen LogP contribution in [0, 0.1) is 0 Å². The number of ether oxygens (including phenoxy) is 1. The monoisotopic (exact) mass is 372 g/mol. The van der Waals surface area contributed by atoms with E-state index < -0.39 is 10.0 Å². The number of benzene rings is 1. The van der Waals surface area contributed by atoms with Crippen LogP contribution in [0.3, 0.4) is 0 Å². The first-order valence-electron chi connectivity index (χ1n) is 8.08. The zero-order valence-corrected chi connectivity index (χ0v) is 14.9. The fourth-order valence-corrected chi connectivity index (χ4v) is 4.69. The van der Waals surface area contributed by atoms with Gasteiger partial charge in [0.15, 0.2) is 0 Å². The van der Waals surface area contributed by atoms with Crippen molar-refractivity contribution < 1.29 is 17.9 Å². The Bertz CT molecular complexity index is 679. The first kappa shape index (κ1) is 17.7. The summed E-state index contributed by atoms with van der Waals surface area (Å²) >= 11 is 5.82. The van der Waals surface area contributed by atoms with Gasteiger partial charge in [-0.2, -0.15) is 4.31 Å². The molecule has 0 aliphatic carbocycles. The van der Waals surface area contributed by atoms with Gasteiger partial charge in [-0.05, 0) is 30.5 Å². The Morgan fingerprint density at radius 3 is 2.42 bits per heavy atom. The Morgan fingerprint density at radius 2 is 1.83 bits per heavy atom. The molecule has 8 heteroatoms. The summed E-state index contributed by atoms with van der Waals surface area (Å²) in [5.41, 5.74) is 0.706. The van der Waals surface area contributed by atoms with Crippen LogP contribution in [0.25, 0.3) is 0 Å². The van der Waals surface area contributed by atoms with Crippen molar-refractivity contribution in [2.24, 2.45) is 0 Å². The summed E-state index contributed by atoms with van der Waals surface area (Å²) in [5, 5.41) is 0.581. The molecule has 0 saturated carbocycles. The molecule has 2 fully saturated rings. The molecule has 1 atom stereocenters. The molecule has 0 spiro atoms. The summed E-state index contributed by atoms with van der Waals surface area (Å²) in [5.74, 6) is -0.0635. The number of rotatable bonds is 4. The second-order valence-electron chi connectivity index (χ2n) is 6.11. The maximum absolute atomic E-state index is 12.5. The van der Waals surface area contributed by atoms with Crippen molar-refractivity contribution in [2.75, 3.05) is 32.8 Å². The molecule has 0 bridgehead atoms. The zero-order chi connectivity index (χ0) is 17.2. The molecule has 132 valence electrons. The predicted molar refractivity (Wildman–Crippen MR) is 91.2 cm³/mol. The highest BCUT2D eigenvalue weighted by molar-refractivity contribution is 7.88. The maximum Gasteiger partial charge on any atom is 0.251 e. The number of sulfonamides is 1. The van der Waals surface area contributed by atoms with E-state index in [1.54, 1.807) is 29.2 Å². The van der Waals surface area contributed by atoms with Crippen molar-refractivity contribution in [2.45, 2.75) is 24.7 Å². The van der Waals surface area contributed by atoms with E-state index in [0.29, 0.717) is 43.4 Å². The highest BCUT2D eigenvalue weighted by Crippen LogP contribution is 2.19. The van der Waals surface area contributed by atoms with Crippen LogP contribution in [0.4, 0.5) is 0 Å². The average molecular weight is 373 g/mol. The highest BCUT2D eigenvalue weighted by Gasteiger charge is 2.33. The molecule has 2 aliphatic rings. The van der Waals surface area contributed by atoms with E-state index in [9.17, 15) is 13.2 Å². The normalized spacial score (nSPS) is 22.7. The van der Waals surface area contributed by atoms with E-state index in [1.807, 2.05) is 0 Å². The van der Waals surface area contributed by atoms with Crippen LogP contribution < -0.4 is 0 Å². The second kappa shape index (κ2) is 7.39. The lowest BCUT2D eigenvalue weighted by Gasteiger charge is -2.35. The molecule has 1 aromatic carbocycles. The van der Waals surface area contributed by atoms with Gasteiger partial charge in [0.1, 0.15) is 6.10 Å². The van der Waals surface area contributed by atoms with Crippen LogP contribution in [0.2, 0.25) is 5.02 Å². The van der Waals surface area contributed by atoms with Crippen LogP contribution >= 0.6 is 11.6 Å². The Kier molecular flexibility index (Phi) is 5.44. The molecule has 0 N–H and O–H groups in total. The molecule has 3 rings (SSSR count). The average Bonchev–Trinajstić information content (AvgIpc) is 3.11. The van der Waals surface area contributed by atoms with Gasteiger partial charge >= 0.3 is 0 Å². The third-order valence-corrected chi connectivity index (χ3v) is 6.51. The minimum atomic E-state index is -3.40. The minimum Gasteiger partial charge on any atom is -0.368 e. The van der Waals surface area contributed by atoms with Crippen LogP contribution in [0.5, 0.6) is 0 Å². The van der Waals surface area contributed by atoms with Crippen molar-refractivity contribution in [3.8, 4) is 0 Å². The molecule has 24 heavy (non-hydrogen) atoms. The standard InChI is InChI=1S/C16H21ClN2O4S/c17-14-5-3-13(4-6-14)12-24(21,22)19-9-7-18(8-10-19)16(20)15-2-1-11-23-15/h3-6,15H,1-2,7-12H2. The number of hydrogen-bond acceptors (Lipinski definition) is 4. The summed E-state index contributed by atoms with van der Waals surface area (Å²) in [4.78, 5) is 14.0. The summed E-state index contributed by atoms with van der Waals surface area (Å²) in [7, 11) is -3.40. The quantitative estimate of drug-likeness (QED) is 0.803.